The van der Waals surface area contributed by atoms with Gasteiger partial charge in [-0.3, -0.25) is 4.90 Å². The van der Waals surface area contributed by atoms with Crippen LogP contribution in [0.5, 0.6) is 0 Å². The number of hydrogen-bond acceptors (Lipinski definition) is 3. The molecule has 0 radical (unpaired) electrons. The fraction of sp³-hybridized carbons (Fsp3) is 1.00. The maximum absolute atomic E-state index is 5.62. The van der Waals surface area contributed by atoms with Gasteiger partial charge in [-0.05, 0) is 52.1 Å². The van der Waals surface area contributed by atoms with Crippen LogP contribution >= 0.6 is 0 Å². The molecule has 0 aromatic rings. The highest BCUT2D eigenvalue weighted by Crippen LogP contribution is 2.27. The molecule has 1 aliphatic heterocycles. The van der Waals surface area contributed by atoms with Crippen molar-refractivity contribution in [3.63, 3.8) is 0 Å². The number of nitrogens with one attached hydrogen (secondary N) is 1. The van der Waals surface area contributed by atoms with E-state index in [1.165, 1.54) is 51.7 Å². The lowest BCUT2D eigenvalue weighted by Gasteiger charge is -2.35. The van der Waals surface area contributed by atoms with Gasteiger partial charge in [0.05, 0.1) is 6.10 Å². The second kappa shape index (κ2) is 5.99. The van der Waals surface area contributed by atoms with Crippen molar-refractivity contribution in [1.82, 2.24) is 10.2 Å². The van der Waals surface area contributed by atoms with Gasteiger partial charge in [-0.2, -0.15) is 0 Å². The molecule has 3 heteroatoms. The van der Waals surface area contributed by atoms with E-state index in [0.29, 0.717) is 18.2 Å². The zero-order valence-corrected chi connectivity index (χ0v) is 10.7. The molecule has 1 saturated carbocycles. The largest absolute Gasteiger partial charge is 0.380 e. The van der Waals surface area contributed by atoms with E-state index in [2.05, 4.69) is 17.1 Å². The van der Waals surface area contributed by atoms with Gasteiger partial charge in [-0.1, -0.05) is 0 Å². The topological polar surface area (TPSA) is 24.5 Å². The average molecular weight is 226 g/mol. The smallest absolute Gasteiger partial charge is 0.0726 e. The van der Waals surface area contributed by atoms with Gasteiger partial charge in [0.2, 0.25) is 0 Å². The van der Waals surface area contributed by atoms with Crippen molar-refractivity contribution in [1.29, 1.82) is 0 Å². The Kier molecular flexibility index (Phi) is 4.62. The van der Waals surface area contributed by atoms with Crippen LogP contribution in [0.15, 0.2) is 0 Å². The van der Waals surface area contributed by atoms with Crippen LogP contribution in [0.4, 0.5) is 0 Å². The number of nitrogens with zero attached hydrogens (tertiary/aromatic N) is 1. The lowest BCUT2D eigenvalue weighted by molar-refractivity contribution is 0.0289. The minimum atomic E-state index is 0.489. The third-order valence-corrected chi connectivity index (χ3v) is 4.15. The standard InChI is InChI=1S/C13H26N2O/c1-11-7-10-15(9-4-8-14-11)12-5-3-6-13(12)16-2/h11-14H,3-10H2,1-2H3. The Labute approximate surface area is 99.5 Å². The molecule has 2 rings (SSSR count). The Bertz CT molecular complexity index is 210. The molecule has 94 valence electrons. The molecule has 0 bridgehead atoms. The van der Waals surface area contributed by atoms with E-state index >= 15 is 0 Å². The van der Waals surface area contributed by atoms with Gasteiger partial charge in [-0.15, -0.1) is 0 Å². The molecule has 0 spiro atoms. The third-order valence-electron chi connectivity index (χ3n) is 4.15. The monoisotopic (exact) mass is 226 g/mol. The summed E-state index contributed by atoms with van der Waals surface area (Å²) in [5.74, 6) is 0. The van der Waals surface area contributed by atoms with E-state index in [9.17, 15) is 0 Å². The predicted molar refractivity (Wildman–Crippen MR) is 66.7 cm³/mol. The molecule has 2 aliphatic rings. The van der Waals surface area contributed by atoms with Crippen LogP contribution in [0.1, 0.15) is 39.0 Å². The van der Waals surface area contributed by atoms with Crippen LogP contribution in [0.25, 0.3) is 0 Å². The minimum Gasteiger partial charge on any atom is -0.380 e. The Morgan fingerprint density at radius 1 is 1.12 bits per heavy atom. The summed E-state index contributed by atoms with van der Waals surface area (Å²) in [6.45, 7) is 5.94. The normalized spacial score (nSPS) is 38.2. The van der Waals surface area contributed by atoms with Crippen molar-refractivity contribution in [3.05, 3.63) is 0 Å². The third kappa shape index (κ3) is 2.96. The molecule has 1 aliphatic carbocycles. The number of ether oxygens (including phenoxy) is 1. The summed E-state index contributed by atoms with van der Waals surface area (Å²) in [4.78, 5) is 2.68. The Hall–Kier alpha value is -0.120. The van der Waals surface area contributed by atoms with Crippen LogP contribution in [-0.4, -0.2) is 49.8 Å². The number of rotatable bonds is 2. The summed E-state index contributed by atoms with van der Waals surface area (Å²) < 4.78 is 5.62. The molecule has 16 heavy (non-hydrogen) atoms. The molecule has 0 amide bonds. The van der Waals surface area contributed by atoms with Crippen LogP contribution in [0.2, 0.25) is 0 Å². The number of methoxy groups -OCH3 is 1. The summed E-state index contributed by atoms with van der Waals surface area (Å²) in [6, 6.07) is 1.36. The van der Waals surface area contributed by atoms with Gasteiger partial charge in [0, 0.05) is 25.7 Å². The Morgan fingerprint density at radius 3 is 2.81 bits per heavy atom. The first-order valence-corrected chi connectivity index (χ1v) is 6.81. The number of hydrogen-bond donors (Lipinski definition) is 1. The Morgan fingerprint density at radius 2 is 2.00 bits per heavy atom. The minimum absolute atomic E-state index is 0.489. The highest BCUT2D eigenvalue weighted by Gasteiger charge is 2.32. The molecule has 2 fully saturated rings. The maximum Gasteiger partial charge on any atom is 0.0726 e. The van der Waals surface area contributed by atoms with E-state index in [1.807, 2.05) is 7.11 Å². The van der Waals surface area contributed by atoms with Crippen molar-refractivity contribution in [2.24, 2.45) is 0 Å². The van der Waals surface area contributed by atoms with Gasteiger partial charge in [0.1, 0.15) is 0 Å². The second-order valence-electron chi connectivity index (χ2n) is 5.31. The van der Waals surface area contributed by atoms with E-state index in [1.54, 1.807) is 0 Å². The zero-order chi connectivity index (χ0) is 11.4. The van der Waals surface area contributed by atoms with Crippen molar-refractivity contribution in [2.45, 2.75) is 57.2 Å². The summed E-state index contributed by atoms with van der Waals surface area (Å²) in [5, 5.41) is 3.56. The SMILES string of the molecule is COC1CCCC1N1CCCNC(C)CC1. The predicted octanol–water partition coefficient (Wildman–Crippen LogP) is 1.63. The van der Waals surface area contributed by atoms with Crippen molar-refractivity contribution in [3.8, 4) is 0 Å². The maximum atomic E-state index is 5.62. The fourth-order valence-electron chi connectivity index (χ4n) is 3.13. The average Bonchev–Trinajstić information content (AvgIpc) is 2.72. The summed E-state index contributed by atoms with van der Waals surface area (Å²) in [7, 11) is 1.87. The van der Waals surface area contributed by atoms with E-state index in [4.69, 9.17) is 4.74 Å². The van der Waals surface area contributed by atoms with Crippen LogP contribution in [-0.2, 0) is 4.74 Å². The molecular weight excluding hydrogens is 200 g/mol. The van der Waals surface area contributed by atoms with Gasteiger partial charge < -0.3 is 10.1 Å². The molecule has 3 atom stereocenters. The quantitative estimate of drug-likeness (QED) is 0.774. The summed E-state index contributed by atoms with van der Waals surface area (Å²) in [6.07, 6.45) is 6.96. The van der Waals surface area contributed by atoms with E-state index in [0.717, 1.165) is 0 Å². The first kappa shape index (κ1) is 12.3. The molecule has 3 unspecified atom stereocenters. The molecule has 3 nitrogen and oxygen atoms in total. The zero-order valence-electron chi connectivity index (χ0n) is 10.7. The van der Waals surface area contributed by atoms with Gasteiger partial charge in [0.25, 0.3) is 0 Å². The molecule has 0 aromatic heterocycles. The molecule has 1 N–H and O–H groups in total. The van der Waals surface area contributed by atoms with E-state index in [-0.39, 0.29) is 0 Å². The fourth-order valence-corrected chi connectivity index (χ4v) is 3.13. The van der Waals surface area contributed by atoms with Gasteiger partial charge in [-0.25, -0.2) is 0 Å². The molecule has 1 heterocycles. The lowest BCUT2D eigenvalue weighted by atomic mass is 10.1. The van der Waals surface area contributed by atoms with Crippen LogP contribution < -0.4 is 5.32 Å². The molecule has 1 saturated heterocycles. The van der Waals surface area contributed by atoms with Gasteiger partial charge in [0.15, 0.2) is 0 Å². The van der Waals surface area contributed by atoms with Crippen LogP contribution in [0, 0.1) is 0 Å². The van der Waals surface area contributed by atoms with Crippen molar-refractivity contribution >= 4 is 0 Å². The van der Waals surface area contributed by atoms with Crippen molar-refractivity contribution < 1.29 is 4.74 Å². The highest BCUT2D eigenvalue weighted by molar-refractivity contribution is 4.87. The van der Waals surface area contributed by atoms with Gasteiger partial charge >= 0.3 is 0 Å². The second-order valence-corrected chi connectivity index (χ2v) is 5.31. The van der Waals surface area contributed by atoms with Crippen LogP contribution in [0.3, 0.4) is 0 Å². The Balaban J connectivity index is 1.90. The summed E-state index contributed by atoms with van der Waals surface area (Å²) in [5.41, 5.74) is 0. The highest BCUT2D eigenvalue weighted by atomic mass is 16.5. The first-order chi connectivity index (χ1) is 7.81. The lowest BCUT2D eigenvalue weighted by Crippen LogP contribution is -2.46. The summed E-state index contributed by atoms with van der Waals surface area (Å²) >= 11 is 0. The van der Waals surface area contributed by atoms with E-state index < -0.39 is 0 Å². The first-order valence-electron chi connectivity index (χ1n) is 6.81. The van der Waals surface area contributed by atoms with Crippen molar-refractivity contribution in [2.75, 3.05) is 26.7 Å². The molecule has 0 aromatic carbocycles. The molecular formula is C13H26N2O.